The molecule has 2 aliphatic heterocycles. The molecule has 162 valence electrons. The minimum absolute atomic E-state index is 0.0327. The Morgan fingerprint density at radius 3 is 2.30 bits per heavy atom. The van der Waals surface area contributed by atoms with Crippen molar-refractivity contribution in [3.8, 4) is 11.5 Å². The van der Waals surface area contributed by atoms with Crippen molar-refractivity contribution >= 4 is 8.32 Å². The van der Waals surface area contributed by atoms with Crippen molar-refractivity contribution in [1.82, 2.24) is 0 Å². The highest BCUT2D eigenvalue weighted by Crippen LogP contribution is 2.46. The van der Waals surface area contributed by atoms with Crippen LogP contribution in [0.3, 0.4) is 0 Å². The van der Waals surface area contributed by atoms with E-state index in [-0.39, 0.29) is 29.1 Å². The van der Waals surface area contributed by atoms with Crippen molar-refractivity contribution in [3.05, 3.63) is 59.7 Å². The zero-order valence-corrected chi connectivity index (χ0v) is 19.7. The second-order valence-electron chi connectivity index (χ2n) is 10.2. The maximum absolute atomic E-state index is 9.54. The van der Waals surface area contributed by atoms with Crippen LogP contribution in [0.5, 0.6) is 11.5 Å². The van der Waals surface area contributed by atoms with E-state index in [0.717, 1.165) is 30.6 Å². The van der Waals surface area contributed by atoms with Gasteiger partial charge in [0.1, 0.15) is 23.7 Å². The van der Waals surface area contributed by atoms with E-state index in [2.05, 4.69) is 58.1 Å². The van der Waals surface area contributed by atoms with Crippen molar-refractivity contribution < 1.29 is 19.0 Å². The van der Waals surface area contributed by atoms with Crippen molar-refractivity contribution in [3.63, 3.8) is 0 Å². The number of benzene rings is 2. The topological polar surface area (TPSA) is 51.2 Å². The van der Waals surface area contributed by atoms with Crippen LogP contribution >= 0.6 is 0 Å². The zero-order valence-electron chi connectivity index (χ0n) is 18.7. The molecule has 2 saturated heterocycles. The van der Waals surface area contributed by atoms with E-state index in [1.807, 2.05) is 12.1 Å². The molecule has 0 radical (unpaired) electrons. The quantitative estimate of drug-likeness (QED) is 0.454. The first-order valence-electron chi connectivity index (χ1n) is 11.0. The van der Waals surface area contributed by atoms with E-state index in [0.29, 0.717) is 6.10 Å². The number of hydrogen-bond acceptors (Lipinski definition) is 4. The van der Waals surface area contributed by atoms with Crippen molar-refractivity contribution in [2.24, 2.45) is 0 Å². The summed E-state index contributed by atoms with van der Waals surface area (Å²) in [6, 6.07) is 15.9. The van der Waals surface area contributed by atoms with Crippen LogP contribution in [-0.4, -0.2) is 31.7 Å². The molecule has 2 aromatic carbocycles. The van der Waals surface area contributed by atoms with Crippen LogP contribution in [0.2, 0.25) is 18.1 Å². The Morgan fingerprint density at radius 1 is 1.00 bits per heavy atom. The smallest absolute Gasteiger partial charge is 0.250 e. The molecule has 0 saturated carbocycles. The van der Waals surface area contributed by atoms with Crippen LogP contribution < -0.4 is 4.43 Å². The summed E-state index contributed by atoms with van der Waals surface area (Å²) >= 11 is 0. The first kappa shape index (κ1) is 21.4. The van der Waals surface area contributed by atoms with Gasteiger partial charge in [-0.3, -0.25) is 0 Å². The molecule has 30 heavy (non-hydrogen) atoms. The van der Waals surface area contributed by atoms with Gasteiger partial charge in [-0.2, -0.15) is 0 Å². The maximum Gasteiger partial charge on any atom is 0.250 e. The van der Waals surface area contributed by atoms with Crippen LogP contribution in [-0.2, 0) is 15.9 Å². The molecule has 2 aromatic rings. The first-order chi connectivity index (χ1) is 14.1. The number of hydrogen-bond donors (Lipinski definition) is 1. The number of aryl methyl sites for hydroxylation is 1. The van der Waals surface area contributed by atoms with Crippen LogP contribution in [0.15, 0.2) is 48.5 Å². The van der Waals surface area contributed by atoms with Gasteiger partial charge >= 0.3 is 0 Å². The summed E-state index contributed by atoms with van der Waals surface area (Å²) in [5.41, 5.74) is 2.39. The maximum atomic E-state index is 9.54. The normalized spacial score (nSPS) is 26.2. The lowest BCUT2D eigenvalue weighted by Crippen LogP contribution is -2.43. The van der Waals surface area contributed by atoms with Crippen LogP contribution in [0.1, 0.15) is 50.8 Å². The minimum atomic E-state index is -1.80. The van der Waals surface area contributed by atoms with Gasteiger partial charge in [-0.15, -0.1) is 0 Å². The molecule has 0 spiro atoms. The summed E-state index contributed by atoms with van der Waals surface area (Å²) in [5, 5.41) is 9.73. The lowest BCUT2D eigenvalue weighted by Gasteiger charge is -2.36. The Morgan fingerprint density at radius 2 is 1.67 bits per heavy atom. The first-order valence-corrected chi connectivity index (χ1v) is 13.9. The highest BCUT2D eigenvalue weighted by atomic mass is 28.4. The van der Waals surface area contributed by atoms with E-state index in [4.69, 9.17) is 13.9 Å². The van der Waals surface area contributed by atoms with E-state index in [1.54, 1.807) is 12.1 Å². The highest BCUT2D eigenvalue weighted by Gasteiger charge is 2.51. The molecule has 0 amide bonds. The summed E-state index contributed by atoms with van der Waals surface area (Å²) in [7, 11) is -1.80. The average molecular weight is 427 g/mol. The van der Waals surface area contributed by atoms with Gasteiger partial charge in [0.05, 0.1) is 12.2 Å². The highest BCUT2D eigenvalue weighted by molar-refractivity contribution is 6.74. The zero-order chi connectivity index (χ0) is 21.5. The second-order valence-corrected chi connectivity index (χ2v) is 14.9. The number of fused-ring (bicyclic) bond motifs is 1. The number of phenolic OH excluding ortho intramolecular Hbond substituents is 1. The van der Waals surface area contributed by atoms with Gasteiger partial charge in [0, 0.05) is 6.42 Å². The SMILES string of the molecule is CC(C)(C)[Si](C)(C)Oc1ccc(CC[C@H]2C[C@H]3O[C@H]3[C@H](c3ccc(O)cc3)O2)cc1. The largest absolute Gasteiger partial charge is 0.544 e. The average Bonchev–Trinajstić information content (AvgIpc) is 3.46. The molecule has 2 fully saturated rings. The molecule has 4 rings (SSSR count). The Hall–Kier alpha value is -1.82. The van der Waals surface area contributed by atoms with Crippen LogP contribution in [0.25, 0.3) is 0 Å². The summed E-state index contributed by atoms with van der Waals surface area (Å²) < 4.78 is 18.6. The van der Waals surface area contributed by atoms with Crippen molar-refractivity contribution in [2.45, 2.75) is 82.6 Å². The van der Waals surface area contributed by atoms with Gasteiger partial charge in [0.25, 0.3) is 0 Å². The molecule has 0 aromatic heterocycles. The van der Waals surface area contributed by atoms with E-state index >= 15 is 0 Å². The molecular formula is C25H34O4Si. The lowest BCUT2D eigenvalue weighted by atomic mass is 9.95. The molecule has 5 heteroatoms. The summed E-state index contributed by atoms with van der Waals surface area (Å²) in [4.78, 5) is 0. The summed E-state index contributed by atoms with van der Waals surface area (Å²) in [6.07, 6.45) is 3.55. The van der Waals surface area contributed by atoms with Gasteiger partial charge in [0.2, 0.25) is 8.32 Å². The molecule has 2 aliphatic rings. The number of aromatic hydroxyl groups is 1. The molecule has 0 bridgehead atoms. The predicted molar refractivity (Wildman–Crippen MR) is 122 cm³/mol. The molecule has 2 heterocycles. The van der Waals surface area contributed by atoms with Crippen LogP contribution in [0.4, 0.5) is 0 Å². The fourth-order valence-electron chi connectivity index (χ4n) is 3.83. The standard InChI is InChI=1S/C25H34O4Si/c1-25(2,3)30(4,5)29-20-13-6-17(7-14-20)8-15-21-16-22-24(28-22)23(27-21)18-9-11-19(26)12-10-18/h6-7,9-14,21-24,26H,8,15-16H2,1-5H3/t21-,22+,23-,24+/m0/s1. The Labute approximate surface area is 181 Å². The fourth-order valence-corrected chi connectivity index (χ4v) is 4.86. The monoisotopic (exact) mass is 426 g/mol. The van der Waals surface area contributed by atoms with Crippen molar-refractivity contribution in [1.29, 1.82) is 0 Å². The fraction of sp³-hybridized carbons (Fsp3) is 0.520. The predicted octanol–water partition coefficient (Wildman–Crippen LogP) is 6.01. The molecule has 1 N–H and O–H groups in total. The number of epoxide rings is 1. The van der Waals surface area contributed by atoms with Crippen LogP contribution in [0, 0.1) is 0 Å². The Bertz CT molecular complexity index is 854. The Balaban J connectivity index is 1.33. The minimum Gasteiger partial charge on any atom is -0.544 e. The summed E-state index contributed by atoms with van der Waals surface area (Å²) in [6.45, 7) is 11.3. The van der Waals surface area contributed by atoms with Crippen molar-refractivity contribution in [2.75, 3.05) is 0 Å². The molecule has 4 nitrogen and oxygen atoms in total. The van der Waals surface area contributed by atoms with E-state index in [9.17, 15) is 5.11 Å². The van der Waals surface area contributed by atoms with Gasteiger partial charge in [-0.25, -0.2) is 0 Å². The van der Waals surface area contributed by atoms with E-state index in [1.165, 1.54) is 5.56 Å². The van der Waals surface area contributed by atoms with Gasteiger partial charge in [0.15, 0.2) is 0 Å². The third kappa shape index (κ3) is 4.74. The second kappa shape index (κ2) is 8.02. The molecule has 0 aliphatic carbocycles. The third-order valence-corrected chi connectivity index (χ3v) is 11.2. The third-order valence-electron chi connectivity index (χ3n) is 6.83. The number of ether oxygens (including phenoxy) is 2. The van der Waals surface area contributed by atoms with E-state index < -0.39 is 8.32 Å². The van der Waals surface area contributed by atoms with Gasteiger partial charge < -0.3 is 19.0 Å². The molecular weight excluding hydrogens is 392 g/mol. The lowest BCUT2D eigenvalue weighted by molar-refractivity contribution is -0.0427. The molecule has 4 atom stereocenters. The number of rotatable bonds is 6. The Kier molecular flexibility index (Phi) is 5.73. The summed E-state index contributed by atoms with van der Waals surface area (Å²) in [5.74, 6) is 1.25. The number of phenols is 1. The van der Waals surface area contributed by atoms with Gasteiger partial charge in [-0.05, 0) is 66.4 Å². The molecule has 0 unspecified atom stereocenters. The van der Waals surface area contributed by atoms with Gasteiger partial charge in [-0.1, -0.05) is 45.0 Å².